The first-order valence-corrected chi connectivity index (χ1v) is 5.05. The van der Waals surface area contributed by atoms with Crippen LogP contribution < -0.4 is 0 Å². The van der Waals surface area contributed by atoms with Gasteiger partial charge in [-0.1, -0.05) is 0 Å². The molecule has 0 aliphatic heterocycles. The Balaban J connectivity index is 2.07. The first kappa shape index (κ1) is 10.9. The molecule has 0 saturated heterocycles. The number of hydrogen-bond donors (Lipinski definition) is 0. The van der Waals surface area contributed by atoms with Crippen LogP contribution in [-0.4, -0.2) is 24.3 Å². The van der Waals surface area contributed by atoms with Crippen LogP contribution in [0.1, 0.15) is 18.4 Å². The van der Waals surface area contributed by atoms with Gasteiger partial charge in [-0.05, 0) is 0 Å². The monoisotopic (exact) mass is 170 g/mol. The van der Waals surface area contributed by atoms with Crippen molar-refractivity contribution in [3.05, 3.63) is 35.9 Å². The van der Waals surface area contributed by atoms with Gasteiger partial charge in [-0.15, -0.1) is 0 Å². The van der Waals surface area contributed by atoms with Gasteiger partial charge in [0.25, 0.3) is 0 Å². The van der Waals surface area contributed by atoms with Gasteiger partial charge in [0.2, 0.25) is 0 Å². The van der Waals surface area contributed by atoms with Crippen molar-refractivity contribution >= 4 is 17.7 Å². The minimum absolute atomic E-state index is 0.755. The molecule has 66 valence electrons. The predicted molar refractivity (Wildman–Crippen MR) is 55.9 cm³/mol. The van der Waals surface area contributed by atoms with Gasteiger partial charge >= 0.3 is 89.5 Å². The fourth-order valence-corrected chi connectivity index (χ4v) is 1.22. The SMILES string of the molecule is [Li][CH2]CCCOCc1ccccc1. The van der Waals surface area contributed by atoms with Crippen molar-refractivity contribution in [1.29, 1.82) is 0 Å². The van der Waals surface area contributed by atoms with Crippen molar-refractivity contribution in [3.8, 4) is 0 Å². The molecule has 1 aromatic carbocycles. The van der Waals surface area contributed by atoms with Gasteiger partial charge in [0.1, 0.15) is 0 Å². The molecule has 0 radical (unpaired) electrons. The molecule has 1 aromatic rings. The maximum absolute atomic E-state index is 5.52. The van der Waals surface area contributed by atoms with E-state index < -0.39 is 0 Å². The van der Waals surface area contributed by atoms with Gasteiger partial charge in [-0.2, -0.15) is 0 Å². The molecule has 13 heavy (non-hydrogen) atoms. The summed E-state index contributed by atoms with van der Waals surface area (Å²) in [4.78, 5) is 0. The van der Waals surface area contributed by atoms with Crippen molar-refractivity contribution in [2.24, 2.45) is 0 Å². The summed E-state index contributed by atoms with van der Waals surface area (Å²) in [5.74, 6) is 0. The second-order valence-electron chi connectivity index (χ2n) is 3.25. The number of unbranched alkanes of at least 4 members (excludes halogenated alkanes) is 1. The standard InChI is InChI=1S/C11H15O.Li/c1-2-3-9-12-10-11-7-5-4-6-8-11;/h4-8H,1-3,9-10H2;. The summed E-state index contributed by atoms with van der Waals surface area (Å²) in [6.45, 7) is 1.65. The Morgan fingerprint density at radius 1 is 1.08 bits per heavy atom. The van der Waals surface area contributed by atoms with Gasteiger partial charge in [0.05, 0.1) is 0 Å². The summed E-state index contributed by atoms with van der Waals surface area (Å²) in [6.07, 6.45) is 2.46. The zero-order valence-electron chi connectivity index (χ0n) is 8.33. The Labute approximate surface area is 89.7 Å². The second kappa shape index (κ2) is 7.21. The molecule has 0 atom stereocenters. The van der Waals surface area contributed by atoms with Crippen LogP contribution >= 0.6 is 0 Å². The van der Waals surface area contributed by atoms with E-state index in [1.165, 1.54) is 23.5 Å². The molecule has 0 aromatic heterocycles. The van der Waals surface area contributed by atoms with E-state index in [0.717, 1.165) is 13.2 Å². The van der Waals surface area contributed by atoms with Crippen molar-refractivity contribution in [1.82, 2.24) is 0 Å². The van der Waals surface area contributed by atoms with Gasteiger partial charge in [-0.3, -0.25) is 0 Å². The molecule has 0 N–H and O–H groups in total. The molecule has 1 nitrogen and oxygen atoms in total. The van der Waals surface area contributed by atoms with E-state index in [0.29, 0.717) is 0 Å². The molecular formula is C11H15LiO. The topological polar surface area (TPSA) is 9.23 Å². The van der Waals surface area contributed by atoms with Gasteiger partial charge in [-0.25, -0.2) is 0 Å². The van der Waals surface area contributed by atoms with Crippen LogP contribution in [0.3, 0.4) is 0 Å². The summed E-state index contributed by atoms with van der Waals surface area (Å²) in [7, 11) is 0. The normalized spacial score (nSPS) is 10.3. The molecule has 2 heteroatoms. The van der Waals surface area contributed by atoms with Crippen LogP contribution in [-0.2, 0) is 11.3 Å². The molecule has 0 aliphatic carbocycles. The minimum atomic E-state index is 0.755. The molecule has 0 amide bonds. The number of benzene rings is 1. The second-order valence-corrected chi connectivity index (χ2v) is 3.25. The quantitative estimate of drug-likeness (QED) is 0.471. The molecule has 0 saturated carbocycles. The van der Waals surface area contributed by atoms with E-state index in [4.69, 9.17) is 4.74 Å². The molecular weight excluding hydrogens is 155 g/mol. The summed E-state index contributed by atoms with van der Waals surface area (Å²) in [6, 6.07) is 10.3. The average molecular weight is 170 g/mol. The van der Waals surface area contributed by atoms with Gasteiger partial charge < -0.3 is 0 Å². The summed E-state index contributed by atoms with van der Waals surface area (Å²) < 4.78 is 5.52. The zero-order valence-corrected chi connectivity index (χ0v) is 8.33. The van der Waals surface area contributed by atoms with Gasteiger partial charge in [0.15, 0.2) is 0 Å². The molecule has 0 unspecified atom stereocenters. The molecule has 0 bridgehead atoms. The van der Waals surface area contributed by atoms with Crippen LogP contribution in [0.5, 0.6) is 0 Å². The van der Waals surface area contributed by atoms with E-state index in [9.17, 15) is 0 Å². The zero-order chi connectivity index (χ0) is 9.36. The molecule has 0 fully saturated rings. The van der Waals surface area contributed by atoms with Crippen LogP contribution in [0.15, 0.2) is 30.3 Å². The Hall–Kier alpha value is -0.223. The van der Waals surface area contributed by atoms with E-state index in [2.05, 4.69) is 29.8 Å². The van der Waals surface area contributed by atoms with Crippen molar-refractivity contribution in [3.63, 3.8) is 0 Å². The molecule has 0 aliphatic rings. The molecule has 1 rings (SSSR count). The fourth-order valence-electron chi connectivity index (χ4n) is 1.22. The third kappa shape index (κ3) is 5.16. The summed E-state index contributed by atoms with van der Waals surface area (Å²) >= 11 is 2.21. The van der Waals surface area contributed by atoms with Crippen molar-refractivity contribution in [2.45, 2.75) is 24.5 Å². The van der Waals surface area contributed by atoms with E-state index in [-0.39, 0.29) is 0 Å². The molecule has 0 heterocycles. The average Bonchev–Trinajstić information content (AvgIpc) is 2.19. The van der Waals surface area contributed by atoms with Crippen LogP contribution in [0, 0.1) is 0 Å². The van der Waals surface area contributed by atoms with E-state index in [1.54, 1.807) is 0 Å². The van der Waals surface area contributed by atoms with Crippen molar-refractivity contribution in [2.75, 3.05) is 6.61 Å². The number of hydrogen-bond acceptors (Lipinski definition) is 1. The predicted octanol–water partition coefficient (Wildman–Crippen LogP) is 2.57. The number of ether oxygens (including phenoxy) is 1. The van der Waals surface area contributed by atoms with Crippen LogP contribution in [0.2, 0.25) is 5.09 Å². The third-order valence-corrected chi connectivity index (χ3v) is 2.00. The van der Waals surface area contributed by atoms with Gasteiger partial charge in [0, 0.05) is 0 Å². The van der Waals surface area contributed by atoms with Crippen LogP contribution in [0.25, 0.3) is 0 Å². The van der Waals surface area contributed by atoms with Crippen molar-refractivity contribution < 1.29 is 4.74 Å². The first-order valence-electron chi connectivity index (χ1n) is 5.05. The Morgan fingerprint density at radius 2 is 1.85 bits per heavy atom. The first-order chi connectivity index (χ1) is 6.43. The maximum atomic E-state index is 5.52. The van der Waals surface area contributed by atoms with Crippen LogP contribution in [0.4, 0.5) is 0 Å². The van der Waals surface area contributed by atoms with E-state index >= 15 is 0 Å². The fraction of sp³-hybridized carbons (Fsp3) is 0.455. The molecule has 0 spiro atoms. The van der Waals surface area contributed by atoms with E-state index in [1.807, 2.05) is 18.2 Å². The Kier molecular flexibility index (Phi) is 6.02. The Morgan fingerprint density at radius 3 is 2.54 bits per heavy atom. The third-order valence-electron chi connectivity index (χ3n) is 2.00. The summed E-state index contributed by atoms with van der Waals surface area (Å²) in [5, 5.41) is 1.26. The number of rotatable bonds is 6. The summed E-state index contributed by atoms with van der Waals surface area (Å²) in [5.41, 5.74) is 1.26. The Bertz CT molecular complexity index is 211.